The van der Waals surface area contributed by atoms with E-state index in [0.29, 0.717) is 0 Å². The molecule has 0 saturated heterocycles. The van der Waals surface area contributed by atoms with E-state index in [1.165, 1.54) is 0 Å². The van der Waals surface area contributed by atoms with Crippen molar-refractivity contribution in [1.82, 2.24) is 0 Å². The van der Waals surface area contributed by atoms with E-state index in [9.17, 15) is 0 Å². The van der Waals surface area contributed by atoms with Gasteiger partial charge in [0.2, 0.25) is 0 Å². The van der Waals surface area contributed by atoms with Gasteiger partial charge in [0.05, 0.1) is 0 Å². The molecule has 13 heteroatoms. The minimum Gasteiger partial charge on any atom is -0.784 e. The van der Waals surface area contributed by atoms with E-state index in [1.807, 2.05) is 0 Å². The van der Waals surface area contributed by atoms with Crippen LogP contribution in [0.5, 0.6) is 0 Å². The summed E-state index contributed by atoms with van der Waals surface area (Å²) in [7, 11) is 0. The Bertz CT molecular complexity index is 33.1. The quantitative estimate of drug-likeness (QED) is 0.182. The Kier molecular flexibility index (Phi) is 1070. The van der Waals surface area contributed by atoms with Gasteiger partial charge in [-0.25, -0.2) is 0 Å². The average Bonchev–Trinajstić information content (AvgIpc) is 1.41. The Morgan fingerprint density at radius 1 is 0.769 bits per heavy atom. The van der Waals surface area contributed by atoms with Gasteiger partial charge >= 0.3 is 23.1 Å². The van der Waals surface area contributed by atoms with E-state index in [4.69, 9.17) is 23.8 Å². The monoisotopic (exact) mass is 246 g/mol. The van der Waals surface area contributed by atoms with Crippen molar-refractivity contribution < 1.29 is 56.7 Å². The normalized spacial score (nSPS) is 3.15. The Morgan fingerprint density at radius 3 is 0.769 bits per heavy atom. The van der Waals surface area contributed by atoms with Gasteiger partial charge < -0.3 is 42.0 Å². The predicted molar refractivity (Wildman–Crippen MR) is 42.4 cm³/mol. The first-order chi connectivity index (χ1) is 2.73. The SMILES string of the molecule is O.O.O.O.O.O.O=S([O-])[O-].OO.[Mg+2]. The summed E-state index contributed by atoms with van der Waals surface area (Å²) in [6.45, 7) is 0. The second-order valence-corrected chi connectivity index (χ2v) is 0.612. The summed E-state index contributed by atoms with van der Waals surface area (Å²) in [5.41, 5.74) is 0. The molecule has 0 radical (unpaired) electrons. The average molecular weight is 246 g/mol. The Morgan fingerprint density at radius 2 is 0.769 bits per heavy atom. The molecule has 0 bridgehead atoms. The zero-order valence-electron chi connectivity index (χ0n) is 6.23. The molecule has 0 unspecified atom stereocenters. The molecule has 0 saturated carbocycles. The van der Waals surface area contributed by atoms with Gasteiger partial charge in [0, 0.05) is 0 Å². The van der Waals surface area contributed by atoms with E-state index >= 15 is 0 Å². The third-order valence-corrected chi connectivity index (χ3v) is 0. The van der Waals surface area contributed by atoms with E-state index in [-0.39, 0.29) is 55.9 Å². The van der Waals surface area contributed by atoms with E-state index in [2.05, 4.69) is 0 Å². The van der Waals surface area contributed by atoms with Crippen molar-refractivity contribution in [2.45, 2.75) is 0 Å². The maximum absolute atomic E-state index is 8.44. The Hall–Kier alpha value is 0.516. The smallest absolute Gasteiger partial charge is 0.784 e. The zero-order valence-corrected chi connectivity index (χ0v) is 8.47. The molecule has 11 nitrogen and oxygen atoms in total. The minimum absolute atomic E-state index is 0. The molecular weight excluding hydrogens is 232 g/mol. The van der Waals surface area contributed by atoms with Gasteiger partial charge in [-0.05, 0) is 0 Å². The van der Waals surface area contributed by atoms with Crippen molar-refractivity contribution in [3.8, 4) is 0 Å². The van der Waals surface area contributed by atoms with Gasteiger partial charge in [0.25, 0.3) is 0 Å². The fourth-order valence-electron chi connectivity index (χ4n) is 0. The fraction of sp³-hybridized carbons (Fsp3) is 0. The minimum atomic E-state index is -3.11. The molecular formula is H14MgO11S. The molecule has 0 heterocycles. The summed E-state index contributed by atoms with van der Waals surface area (Å²) in [5.74, 6) is 0. The summed E-state index contributed by atoms with van der Waals surface area (Å²) in [6.07, 6.45) is 0. The first-order valence-electron chi connectivity index (χ1n) is 0.700. The molecule has 0 aliphatic carbocycles. The molecule has 0 rings (SSSR count). The van der Waals surface area contributed by atoms with Gasteiger partial charge in [0.15, 0.2) is 0 Å². The van der Waals surface area contributed by atoms with Gasteiger partial charge in [0.1, 0.15) is 0 Å². The molecule has 0 spiro atoms. The molecule has 0 aromatic carbocycles. The van der Waals surface area contributed by atoms with Crippen LogP contribution in [0, 0.1) is 0 Å². The van der Waals surface area contributed by atoms with Crippen molar-refractivity contribution in [3.05, 3.63) is 0 Å². The molecule has 0 fully saturated rings. The molecule has 88 valence electrons. The standard InChI is InChI=1S/Mg.H2O3S.H2O2.6H2O/c;1-4(2)3;1-2;;;;;;/h;(H2,1,2,3);1-2H;6*1H2/q+2;;;;;;;;/p-2. The maximum atomic E-state index is 8.44. The van der Waals surface area contributed by atoms with Crippen molar-refractivity contribution in [2.75, 3.05) is 0 Å². The largest absolute Gasteiger partial charge is 2.00 e. The van der Waals surface area contributed by atoms with Crippen LogP contribution < -0.4 is 0 Å². The summed E-state index contributed by atoms with van der Waals surface area (Å²) < 4.78 is 25.3. The Balaban J connectivity index is -0.00000000242. The Labute approximate surface area is 91.4 Å². The predicted octanol–water partition coefficient (Wildman–Crippen LogP) is -6.32. The van der Waals surface area contributed by atoms with Crippen LogP contribution in [0.1, 0.15) is 0 Å². The molecule has 0 atom stereocenters. The van der Waals surface area contributed by atoms with Crippen LogP contribution in [-0.2, 0) is 11.4 Å². The number of hydrogen-bond acceptors (Lipinski definition) is 5. The van der Waals surface area contributed by atoms with Crippen LogP contribution in [0.15, 0.2) is 0 Å². The van der Waals surface area contributed by atoms with Gasteiger partial charge in [-0.1, -0.05) is 0 Å². The maximum Gasteiger partial charge on any atom is 2.00 e. The molecule has 0 aromatic heterocycles. The summed E-state index contributed by atoms with van der Waals surface area (Å²) in [4.78, 5) is 0. The molecule has 0 amide bonds. The third kappa shape index (κ3) is 5190. The molecule has 0 aromatic rings. The van der Waals surface area contributed by atoms with Gasteiger partial charge in [-0.3, -0.25) is 14.7 Å². The van der Waals surface area contributed by atoms with Gasteiger partial charge in [-0.2, -0.15) is 0 Å². The van der Waals surface area contributed by atoms with Crippen molar-refractivity contribution >= 4 is 34.4 Å². The second kappa shape index (κ2) is 134. The van der Waals surface area contributed by atoms with Crippen LogP contribution >= 0.6 is 0 Å². The molecule has 14 N–H and O–H groups in total. The van der Waals surface area contributed by atoms with E-state index in [0.717, 1.165) is 0 Å². The van der Waals surface area contributed by atoms with Crippen LogP contribution in [0.4, 0.5) is 0 Å². The van der Waals surface area contributed by atoms with Crippen molar-refractivity contribution in [3.63, 3.8) is 0 Å². The topological polar surface area (TPSA) is 293 Å². The van der Waals surface area contributed by atoms with Crippen molar-refractivity contribution in [2.24, 2.45) is 0 Å². The van der Waals surface area contributed by atoms with E-state index < -0.39 is 11.4 Å². The summed E-state index contributed by atoms with van der Waals surface area (Å²) in [6, 6.07) is 0. The number of hydrogen-bond donors (Lipinski definition) is 2. The third-order valence-electron chi connectivity index (χ3n) is 0. The van der Waals surface area contributed by atoms with Crippen molar-refractivity contribution in [1.29, 1.82) is 0 Å². The zero-order chi connectivity index (χ0) is 5.58. The summed E-state index contributed by atoms with van der Waals surface area (Å²) in [5, 5.41) is 12.0. The van der Waals surface area contributed by atoms with E-state index in [1.54, 1.807) is 0 Å². The van der Waals surface area contributed by atoms with Crippen LogP contribution in [0.2, 0.25) is 0 Å². The first kappa shape index (κ1) is 104. The number of rotatable bonds is 0. The molecule has 13 heavy (non-hydrogen) atoms. The van der Waals surface area contributed by atoms with Crippen LogP contribution in [0.3, 0.4) is 0 Å². The van der Waals surface area contributed by atoms with Gasteiger partial charge in [-0.15, -0.1) is 11.4 Å². The first-order valence-corrected chi connectivity index (χ1v) is 1.70. The van der Waals surface area contributed by atoms with Crippen LogP contribution in [0.25, 0.3) is 0 Å². The molecule has 0 aliphatic heterocycles. The summed E-state index contributed by atoms with van der Waals surface area (Å²) >= 11 is -3.11. The second-order valence-electron chi connectivity index (χ2n) is 0.204. The van der Waals surface area contributed by atoms with Crippen LogP contribution in [-0.4, -0.2) is 79.7 Å². The fourth-order valence-corrected chi connectivity index (χ4v) is 0. The molecule has 0 aliphatic rings.